The molecule has 0 saturated carbocycles. The van der Waals surface area contributed by atoms with E-state index in [2.05, 4.69) is 5.32 Å². The molecule has 0 saturated heterocycles. The van der Waals surface area contributed by atoms with Crippen molar-refractivity contribution in [3.63, 3.8) is 0 Å². The van der Waals surface area contributed by atoms with Crippen molar-refractivity contribution in [2.45, 2.75) is 6.54 Å². The molecule has 0 unspecified atom stereocenters. The Hall–Kier alpha value is -1.48. The van der Waals surface area contributed by atoms with Gasteiger partial charge in [0, 0.05) is 5.69 Å². The Balaban J connectivity index is 2.02. The van der Waals surface area contributed by atoms with Crippen LogP contribution in [0, 0.1) is 5.82 Å². The van der Waals surface area contributed by atoms with Crippen molar-refractivity contribution >= 4 is 17.3 Å². The summed E-state index contributed by atoms with van der Waals surface area (Å²) in [6, 6.07) is 8.17. The monoisotopic (exact) mass is 225 g/mol. The molecule has 1 heterocycles. The van der Waals surface area contributed by atoms with E-state index < -0.39 is 5.82 Å². The highest BCUT2D eigenvalue weighted by atomic mass is 35.5. The third-order valence-electron chi connectivity index (χ3n) is 1.97. The molecule has 1 aromatic carbocycles. The molecule has 1 N–H and O–H groups in total. The zero-order valence-corrected chi connectivity index (χ0v) is 8.59. The smallest absolute Gasteiger partial charge is 0.141 e. The first-order valence-electron chi connectivity index (χ1n) is 4.47. The maximum Gasteiger partial charge on any atom is 0.141 e. The lowest BCUT2D eigenvalue weighted by Crippen LogP contribution is -1.98. The molecule has 0 amide bonds. The van der Waals surface area contributed by atoms with Crippen LogP contribution in [0.25, 0.3) is 0 Å². The molecule has 0 aliphatic rings. The van der Waals surface area contributed by atoms with Gasteiger partial charge in [0.2, 0.25) is 0 Å². The van der Waals surface area contributed by atoms with Crippen molar-refractivity contribution in [3.8, 4) is 0 Å². The van der Waals surface area contributed by atoms with E-state index >= 15 is 0 Å². The van der Waals surface area contributed by atoms with Crippen molar-refractivity contribution in [1.29, 1.82) is 0 Å². The van der Waals surface area contributed by atoms with Crippen LogP contribution in [0.1, 0.15) is 5.76 Å². The van der Waals surface area contributed by atoms with Crippen LogP contribution in [0.5, 0.6) is 0 Å². The summed E-state index contributed by atoms with van der Waals surface area (Å²) >= 11 is 5.64. The fourth-order valence-corrected chi connectivity index (χ4v) is 1.39. The predicted octanol–water partition coefficient (Wildman–Crippen LogP) is 3.68. The number of nitrogens with one attached hydrogen (secondary N) is 1. The summed E-state index contributed by atoms with van der Waals surface area (Å²) in [5, 5.41) is 3.18. The Kier molecular flexibility index (Phi) is 2.92. The van der Waals surface area contributed by atoms with E-state index in [0.717, 1.165) is 11.4 Å². The maximum absolute atomic E-state index is 12.8. The molecule has 0 aliphatic carbocycles. The average molecular weight is 226 g/mol. The molecule has 1 aromatic heterocycles. The van der Waals surface area contributed by atoms with E-state index in [0.29, 0.717) is 6.54 Å². The Labute approximate surface area is 91.7 Å². The summed E-state index contributed by atoms with van der Waals surface area (Å²) < 4.78 is 18.0. The van der Waals surface area contributed by atoms with Gasteiger partial charge in [-0.05, 0) is 30.3 Å². The van der Waals surface area contributed by atoms with E-state index in [4.69, 9.17) is 16.0 Å². The van der Waals surface area contributed by atoms with E-state index in [-0.39, 0.29) is 5.02 Å². The van der Waals surface area contributed by atoms with Crippen LogP contribution in [0.2, 0.25) is 5.02 Å². The standard InChI is InChI=1S/C11H9ClFNO/c12-10-6-8(3-4-11(10)13)14-7-9-2-1-5-15-9/h1-6,14H,7H2. The Morgan fingerprint density at radius 1 is 1.33 bits per heavy atom. The minimum Gasteiger partial charge on any atom is -0.467 e. The molecular weight excluding hydrogens is 217 g/mol. The molecule has 78 valence electrons. The van der Waals surface area contributed by atoms with Crippen LogP contribution in [0.4, 0.5) is 10.1 Å². The van der Waals surface area contributed by atoms with Crippen molar-refractivity contribution < 1.29 is 8.81 Å². The first kappa shape index (κ1) is 10.1. The van der Waals surface area contributed by atoms with Crippen molar-refractivity contribution in [2.24, 2.45) is 0 Å². The second kappa shape index (κ2) is 4.36. The minimum absolute atomic E-state index is 0.111. The van der Waals surface area contributed by atoms with Gasteiger partial charge in [-0.15, -0.1) is 0 Å². The number of halogens is 2. The molecule has 0 bridgehead atoms. The van der Waals surface area contributed by atoms with Gasteiger partial charge in [0.15, 0.2) is 0 Å². The van der Waals surface area contributed by atoms with E-state index in [1.165, 1.54) is 6.07 Å². The predicted molar refractivity (Wildman–Crippen MR) is 57.4 cm³/mol. The number of hydrogen-bond acceptors (Lipinski definition) is 2. The van der Waals surface area contributed by atoms with Gasteiger partial charge in [0.1, 0.15) is 11.6 Å². The molecule has 0 atom stereocenters. The van der Waals surface area contributed by atoms with Gasteiger partial charge in [-0.25, -0.2) is 4.39 Å². The molecule has 0 aliphatic heterocycles. The van der Waals surface area contributed by atoms with Gasteiger partial charge < -0.3 is 9.73 Å². The highest BCUT2D eigenvalue weighted by Crippen LogP contribution is 2.19. The SMILES string of the molecule is Fc1ccc(NCc2ccco2)cc1Cl. The molecular formula is C11H9ClFNO. The number of hydrogen-bond donors (Lipinski definition) is 1. The lowest BCUT2D eigenvalue weighted by Gasteiger charge is -2.04. The zero-order chi connectivity index (χ0) is 10.7. The molecule has 0 spiro atoms. The maximum atomic E-state index is 12.8. The van der Waals surface area contributed by atoms with Gasteiger partial charge in [-0.2, -0.15) is 0 Å². The van der Waals surface area contributed by atoms with Crippen LogP contribution in [0.3, 0.4) is 0 Å². The molecule has 15 heavy (non-hydrogen) atoms. The topological polar surface area (TPSA) is 25.2 Å². The summed E-state index contributed by atoms with van der Waals surface area (Å²) in [5.41, 5.74) is 0.762. The quantitative estimate of drug-likeness (QED) is 0.862. The normalized spacial score (nSPS) is 10.3. The zero-order valence-electron chi connectivity index (χ0n) is 7.84. The largest absolute Gasteiger partial charge is 0.467 e. The van der Waals surface area contributed by atoms with Crippen LogP contribution in [-0.2, 0) is 6.54 Å². The summed E-state index contributed by atoms with van der Waals surface area (Å²) in [4.78, 5) is 0. The molecule has 0 fully saturated rings. The third kappa shape index (κ3) is 2.50. The minimum atomic E-state index is -0.416. The fraction of sp³-hybridized carbons (Fsp3) is 0.0909. The third-order valence-corrected chi connectivity index (χ3v) is 2.26. The van der Waals surface area contributed by atoms with E-state index in [1.807, 2.05) is 12.1 Å². The molecule has 4 heteroatoms. The summed E-state index contributed by atoms with van der Waals surface area (Å²) in [7, 11) is 0. The van der Waals surface area contributed by atoms with E-state index in [1.54, 1.807) is 18.4 Å². The number of benzene rings is 1. The van der Waals surface area contributed by atoms with Gasteiger partial charge >= 0.3 is 0 Å². The number of anilines is 1. The first-order valence-corrected chi connectivity index (χ1v) is 4.85. The van der Waals surface area contributed by atoms with Crippen molar-refractivity contribution in [2.75, 3.05) is 5.32 Å². The highest BCUT2D eigenvalue weighted by Gasteiger charge is 2.01. The summed E-state index contributed by atoms with van der Waals surface area (Å²) in [6.45, 7) is 0.551. The second-order valence-corrected chi connectivity index (χ2v) is 3.47. The van der Waals surface area contributed by atoms with E-state index in [9.17, 15) is 4.39 Å². The summed E-state index contributed by atoms with van der Waals surface area (Å²) in [6.07, 6.45) is 1.61. The lowest BCUT2D eigenvalue weighted by atomic mass is 10.3. The first-order chi connectivity index (χ1) is 7.25. The number of rotatable bonds is 3. The van der Waals surface area contributed by atoms with Crippen LogP contribution in [-0.4, -0.2) is 0 Å². The van der Waals surface area contributed by atoms with Crippen LogP contribution >= 0.6 is 11.6 Å². The van der Waals surface area contributed by atoms with Crippen LogP contribution in [0.15, 0.2) is 41.0 Å². The van der Waals surface area contributed by atoms with Gasteiger partial charge in [0.05, 0.1) is 17.8 Å². The molecule has 2 nitrogen and oxygen atoms in total. The number of furan rings is 1. The van der Waals surface area contributed by atoms with Gasteiger partial charge in [0.25, 0.3) is 0 Å². The van der Waals surface area contributed by atoms with Crippen molar-refractivity contribution in [3.05, 3.63) is 53.2 Å². The van der Waals surface area contributed by atoms with Crippen LogP contribution < -0.4 is 5.32 Å². The Morgan fingerprint density at radius 3 is 2.87 bits per heavy atom. The molecule has 2 rings (SSSR count). The molecule has 2 aromatic rings. The average Bonchev–Trinajstić information content (AvgIpc) is 2.73. The molecule has 0 radical (unpaired) electrons. The van der Waals surface area contributed by atoms with Gasteiger partial charge in [-0.1, -0.05) is 11.6 Å². The van der Waals surface area contributed by atoms with Gasteiger partial charge in [-0.3, -0.25) is 0 Å². The Morgan fingerprint density at radius 2 is 2.20 bits per heavy atom. The second-order valence-electron chi connectivity index (χ2n) is 3.06. The lowest BCUT2D eigenvalue weighted by molar-refractivity contribution is 0.518. The highest BCUT2D eigenvalue weighted by molar-refractivity contribution is 6.31. The fourth-order valence-electron chi connectivity index (χ4n) is 1.21. The Bertz CT molecular complexity index is 442. The van der Waals surface area contributed by atoms with Crippen molar-refractivity contribution in [1.82, 2.24) is 0 Å². The summed E-state index contributed by atoms with van der Waals surface area (Å²) in [5.74, 6) is 0.399.